The van der Waals surface area contributed by atoms with Crippen LogP contribution in [0.4, 0.5) is 11.4 Å². The van der Waals surface area contributed by atoms with Crippen LogP contribution in [0.25, 0.3) is 0 Å². The quantitative estimate of drug-likeness (QED) is 0.438. The van der Waals surface area contributed by atoms with Crippen molar-refractivity contribution in [1.29, 1.82) is 0 Å². The fraction of sp³-hybridized carbons (Fsp3) is 0.143. The molecule has 0 saturated carbocycles. The molecule has 0 aromatic heterocycles. The molecule has 3 rings (SSSR count). The number of aryl methyl sites for hydroxylation is 1. The highest BCUT2D eigenvalue weighted by molar-refractivity contribution is 9.10. The van der Waals surface area contributed by atoms with Crippen molar-refractivity contribution in [1.82, 2.24) is 0 Å². The maximum Gasteiger partial charge on any atom is 0.262 e. The molecule has 0 bridgehead atoms. The van der Waals surface area contributed by atoms with Gasteiger partial charge in [0.1, 0.15) is 11.5 Å². The second-order valence-corrected chi connectivity index (χ2v) is 11.0. The highest BCUT2D eigenvalue weighted by Gasteiger charge is 2.19. The molecular weight excluding hydrogens is 520 g/mol. The molecule has 0 saturated heterocycles. The first-order valence-corrected chi connectivity index (χ1v) is 13.0. The van der Waals surface area contributed by atoms with Crippen molar-refractivity contribution in [3.63, 3.8) is 0 Å². The van der Waals surface area contributed by atoms with Crippen LogP contribution >= 0.6 is 15.9 Å². The molecule has 32 heavy (non-hydrogen) atoms. The van der Waals surface area contributed by atoms with Crippen LogP contribution in [0, 0.1) is 6.92 Å². The zero-order valence-corrected chi connectivity index (χ0v) is 20.6. The fourth-order valence-electron chi connectivity index (χ4n) is 2.84. The van der Waals surface area contributed by atoms with Crippen LogP contribution in [-0.4, -0.2) is 31.1 Å². The van der Waals surface area contributed by atoms with E-state index in [1.165, 1.54) is 56.7 Å². The maximum absolute atomic E-state index is 12.8. The van der Waals surface area contributed by atoms with Crippen LogP contribution in [0.1, 0.15) is 5.56 Å². The summed E-state index contributed by atoms with van der Waals surface area (Å²) < 4.78 is 66.6. The van der Waals surface area contributed by atoms with Gasteiger partial charge in [-0.25, -0.2) is 16.8 Å². The molecule has 2 N–H and O–H groups in total. The molecule has 3 aromatic rings. The van der Waals surface area contributed by atoms with Gasteiger partial charge in [-0.05, 0) is 83.0 Å². The minimum Gasteiger partial charge on any atom is -0.496 e. The Morgan fingerprint density at radius 1 is 0.719 bits per heavy atom. The van der Waals surface area contributed by atoms with Gasteiger partial charge in [0, 0.05) is 5.69 Å². The smallest absolute Gasteiger partial charge is 0.262 e. The predicted octanol–water partition coefficient (Wildman–Crippen LogP) is 4.38. The Balaban J connectivity index is 1.81. The van der Waals surface area contributed by atoms with Crippen molar-refractivity contribution >= 4 is 47.4 Å². The molecule has 0 aliphatic rings. The lowest BCUT2D eigenvalue weighted by molar-refractivity contribution is 0.411. The Morgan fingerprint density at radius 3 is 1.88 bits per heavy atom. The van der Waals surface area contributed by atoms with Crippen LogP contribution in [0.2, 0.25) is 0 Å². The molecule has 0 spiro atoms. The number of methoxy groups -OCH3 is 2. The summed E-state index contributed by atoms with van der Waals surface area (Å²) in [5, 5.41) is 0. The second kappa shape index (κ2) is 9.39. The number of rotatable bonds is 8. The monoisotopic (exact) mass is 540 g/mol. The van der Waals surface area contributed by atoms with Crippen LogP contribution < -0.4 is 18.9 Å². The molecule has 0 aliphatic heterocycles. The van der Waals surface area contributed by atoms with E-state index in [1.54, 1.807) is 18.2 Å². The first-order valence-electron chi connectivity index (χ1n) is 9.19. The summed E-state index contributed by atoms with van der Waals surface area (Å²) >= 11 is 3.26. The lowest BCUT2D eigenvalue weighted by Gasteiger charge is -2.13. The Bertz CT molecular complexity index is 1340. The van der Waals surface area contributed by atoms with Crippen molar-refractivity contribution in [2.45, 2.75) is 16.7 Å². The third-order valence-electron chi connectivity index (χ3n) is 4.45. The van der Waals surface area contributed by atoms with Crippen molar-refractivity contribution in [3.05, 3.63) is 70.7 Å². The standard InChI is InChI=1S/C21H21BrN2O6S2/c1-14-4-10-21(30-3)19(12-14)24-31(25,26)16-7-5-15(6-8-16)23-32(27,28)17-9-11-20(29-2)18(22)13-17/h4-13,23-24H,1-3H3. The SMILES string of the molecule is COc1ccc(S(=O)(=O)Nc2ccc(S(=O)(=O)Nc3cc(C)ccc3OC)cc2)cc1Br. The number of ether oxygens (including phenoxy) is 2. The molecule has 170 valence electrons. The van der Waals surface area contributed by atoms with Gasteiger partial charge in [-0.2, -0.15) is 0 Å². The minimum atomic E-state index is -3.92. The Kier molecular flexibility index (Phi) is 7.01. The van der Waals surface area contributed by atoms with E-state index < -0.39 is 20.0 Å². The van der Waals surface area contributed by atoms with E-state index in [9.17, 15) is 16.8 Å². The molecule has 0 unspecified atom stereocenters. The van der Waals surface area contributed by atoms with Gasteiger partial charge in [0.15, 0.2) is 0 Å². The first kappa shape index (κ1) is 23.9. The van der Waals surface area contributed by atoms with E-state index in [0.29, 0.717) is 21.7 Å². The van der Waals surface area contributed by atoms with Crippen LogP contribution in [-0.2, 0) is 20.0 Å². The third-order valence-corrected chi connectivity index (χ3v) is 7.83. The van der Waals surface area contributed by atoms with E-state index in [1.807, 2.05) is 6.92 Å². The van der Waals surface area contributed by atoms with Crippen molar-refractivity contribution in [2.24, 2.45) is 0 Å². The summed E-state index contributed by atoms with van der Waals surface area (Å²) in [7, 11) is -4.88. The average molecular weight is 541 g/mol. The normalized spacial score (nSPS) is 11.6. The Labute approximate surface area is 195 Å². The van der Waals surface area contributed by atoms with Gasteiger partial charge in [0.25, 0.3) is 20.0 Å². The highest BCUT2D eigenvalue weighted by Crippen LogP contribution is 2.30. The Morgan fingerprint density at radius 2 is 1.28 bits per heavy atom. The lowest BCUT2D eigenvalue weighted by Crippen LogP contribution is -2.15. The van der Waals surface area contributed by atoms with E-state index in [4.69, 9.17) is 9.47 Å². The number of hydrogen-bond donors (Lipinski definition) is 2. The summed E-state index contributed by atoms with van der Waals surface area (Å²) in [5.74, 6) is 0.880. The van der Waals surface area contributed by atoms with Gasteiger partial charge in [0.2, 0.25) is 0 Å². The van der Waals surface area contributed by atoms with Gasteiger partial charge in [-0.15, -0.1) is 0 Å². The minimum absolute atomic E-state index is 0.0232. The second-order valence-electron chi connectivity index (χ2n) is 6.74. The predicted molar refractivity (Wildman–Crippen MR) is 126 cm³/mol. The zero-order valence-electron chi connectivity index (χ0n) is 17.4. The molecule has 0 radical (unpaired) electrons. The average Bonchev–Trinajstić information content (AvgIpc) is 2.73. The van der Waals surface area contributed by atoms with E-state index >= 15 is 0 Å². The molecule has 8 nitrogen and oxygen atoms in total. The lowest BCUT2D eigenvalue weighted by atomic mass is 10.2. The third kappa shape index (κ3) is 5.34. The number of hydrogen-bond acceptors (Lipinski definition) is 6. The van der Waals surface area contributed by atoms with Crippen LogP contribution in [0.3, 0.4) is 0 Å². The van der Waals surface area contributed by atoms with E-state index in [2.05, 4.69) is 25.4 Å². The number of sulfonamides is 2. The molecule has 3 aromatic carbocycles. The van der Waals surface area contributed by atoms with Gasteiger partial charge >= 0.3 is 0 Å². The van der Waals surface area contributed by atoms with Crippen LogP contribution in [0.15, 0.2) is 74.9 Å². The summed E-state index contributed by atoms with van der Waals surface area (Å²) in [6.45, 7) is 1.83. The Hall–Kier alpha value is -2.76. The highest BCUT2D eigenvalue weighted by atomic mass is 79.9. The molecule has 0 fully saturated rings. The molecule has 0 aliphatic carbocycles. The molecule has 0 atom stereocenters. The summed E-state index contributed by atoms with van der Waals surface area (Å²) in [6, 6.07) is 14.9. The summed E-state index contributed by atoms with van der Waals surface area (Å²) in [6.07, 6.45) is 0. The first-order chi connectivity index (χ1) is 15.1. The summed E-state index contributed by atoms with van der Waals surface area (Å²) in [4.78, 5) is -0.00807. The number of halogens is 1. The van der Waals surface area contributed by atoms with Crippen molar-refractivity contribution in [2.75, 3.05) is 23.7 Å². The van der Waals surface area contributed by atoms with Crippen LogP contribution in [0.5, 0.6) is 11.5 Å². The molecule has 11 heteroatoms. The number of nitrogens with one attached hydrogen (secondary N) is 2. The molecule has 0 heterocycles. The summed E-state index contributed by atoms with van der Waals surface area (Å²) in [5.41, 5.74) is 1.38. The van der Waals surface area contributed by atoms with Gasteiger partial charge in [-0.3, -0.25) is 9.44 Å². The van der Waals surface area contributed by atoms with E-state index in [-0.39, 0.29) is 15.5 Å². The largest absolute Gasteiger partial charge is 0.496 e. The van der Waals surface area contributed by atoms with Crippen molar-refractivity contribution in [3.8, 4) is 11.5 Å². The number of anilines is 2. The maximum atomic E-state index is 12.8. The molecule has 0 amide bonds. The van der Waals surface area contributed by atoms with Gasteiger partial charge < -0.3 is 9.47 Å². The van der Waals surface area contributed by atoms with Gasteiger partial charge in [-0.1, -0.05) is 6.07 Å². The number of benzene rings is 3. The molecular formula is C21H21BrN2O6S2. The topological polar surface area (TPSA) is 111 Å². The zero-order chi connectivity index (χ0) is 23.5. The van der Waals surface area contributed by atoms with Crippen molar-refractivity contribution < 1.29 is 26.3 Å². The van der Waals surface area contributed by atoms with E-state index in [0.717, 1.165) is 5.56 Å². The fourth-order valence-corrected chi connectivity index (χ4v) is 5.67. The van der Waals surface area contributed by atoms with Gasteiger partial charge in [0.05, 0.1) is 34.2 Å².